The van der Waals surface area contributed by atoms with E-state index in [0.29, 0.717) is 17.8 Å². The Morgan fingerprint density at radius 3 is 2.65 bits per heavy atom. The average Bonchev–Trinajstić information content (AvgIpc) is 2.38. The molecule has 2 aromatic carbocycles. The van der Waals surface area contributed by atoms with Gasteiger partial charge in [-0.3, -0.25) is 4.79 Å². The third-order valence-corrected chi connectivity index (χ3v) is 2.41. The summed E-state index contributed by atoms with van der Waals surface area (Å²) in [5.74, 6) is -0.202. The average molecular weight is 225 g/mol. The molecule has 1 radical (unpaired) electrons. The number of carbonyl (C=O) groups is 1. The van der Waals surface area contributed by atoms with Crippen LogP contribution in [0, 0.1) is 6.07 Å². The van der Waals surface area contributed by atoms with Crippen molar-refractivity contribution < 1.29 is 4.79 Å². The van der Waals surface area contributed by atoms with E-state index in [1.54, 1.807) is 18.2 Å². The van der Waals surface area contributed by atoms with Gasteiger partial charge in [-0.1, -0.05) is 42.5 Å². The van der Waals surface area contributed by atoms with E-state index in [0.717, 1.165) is 5.56 Å². The first kappa shape index (κ1) is 11.2. The van der Waals surface area contributed by atoms with Crippen LogP contribution in [0.15, 0.2) is 48.5 Å². The number of nitrogen functional groups attached to an aromatic ring is 1. The summed E-state index contributed by atoms with van der Waals surface area (Å²) in [6.07, 6.45) is 0. The standard InChI is InChI=1S/C14H13N2O/c15-13-9-5-4-8-12(13)14(17)16-10-11-6-2-1-3-7-11/h1-7,9H,10,15H2,(H,16,17). The molecular formula is C14H13N2O. The van der Waals surface area contributed by atoms with Crippen LogP contribution in [0.4, 0.5) is 5.69 Å². The minimum Gasteiger partial charge on any atom is -0.398 e. The molecule has 0 aliphatic carbocycles. The number of nitrogens with one attached hydrogen (secondary N) is 1. The van der Waals surface area contributed by atoms with Crippen LogP contribution >= 0.6 is 0 Å². The van der Waals surface area contributed by atoms with E-state index >= 15 is 0 Å². The Labute approximate surface area is 100 Å². The highest BCUT2D eigenvalue weighted by molar-refractivity contribution is 5.98. The van der Waals surface area contributed by atoms with Crippen LogP contribution in [0.3, 0.4) is 0 Å². The first-order valence-corrected chi connectivity index (χ1v) is 5.35. The third kappa shape index (κ3) is 2.84. The Morgan fingerprint density at radius 1 is 1.18 bits per heavy atom. The Hall–Kier alpha value is -2.29. The van der Waals surface area contributed by atoms with E-state index < -0.39 is 0 Å². The van der Waals surface area contributed by atoms with Crippen LogP contribution in [-0.2, 0) is 6.54 Å². The van der Waals surface area contributed by atoms with Gasteiger partial charge in [-0.2, -0.15) is 0 Å². The molecule has 0 spiro atoms. The van der Waals surface area contributed by atoms with Crippen molar-refractivity contribution in [1.82, 2.24) is 5.32 Å². The minimum absolute atomic E-state index is 0.202. The fourth-order valence-electron chi connectivity index (χ4n) is 1.51. The predicted molar refractivity (Wildman–Crippen MR) is 67.3 cm³/mol. The second kappa shape index (κ2) is 5.16. The summed E-state index contributed by atoms with van der Waals surface area (Å²) in [4.78, 5) is 11.8. The molecule has 0 unspecified atom stereocenters. The van der Waals surface area contributed by atoms with Crippen LogP contribution < -0.4 is 11.1 Å². The fraction of sp³-hybridized carbons (Fsp3) is 0.0714. The van der Waals surface area contributed by atoms with Crippen LogP contribution in [0.5, 0.6) is 0 Å². The molecule has 0 aromatic heterocycles. The number of nitrogens with two attached hydrogens (primary N) is 1. The van der Waals surface area contributed by atoms with Gasteiger partial charge in [0.1, 0.15) is 0 Å². The van der Waals surface area contributed by atoms with Crippen LogP contribution in [0.25, 0.3) is 0 Å². The molecule has 2 rings (SSSR count). The van der Waals surface area contributed by atoms with Crippen molar-refractivity contribution in [2.45, 2.75) is 6.54 Å². The van der Waals surface area contributed by atoms with Gasteiger partial charge in [0.2, 0.25) is 0 Å². The normalized spacial score (nSPS) is 9.88. The fourth-order valence-corrected chi connectivity index (χ4v) is 1.51. The van der Waals surface area contributed by atoms with E-state index in [4.69, 9.17) is 5.73 Å². The SMILES string of the molecule is Nc1ccc[c]c1C(=O)NCc1ccccc1. The molecule has 0 saturated heterocycles. The van der Waals surface area contributed by atoms with Crippen molar-refractivity contribution in [3.8, 4) is 0 Å². The molecule has 0 atom stereocenters. The topological polar surface area (TPSA) is 55.1 Å². The van der Waals surface area contributed by atoms with Gasteiger partial charge in [-0.15, -0.1) is 0 Å². The molecule has 3 heteroatoms. The maximum absolute atomic E-state index is 11.8. The summed E-state index contributed by atoms with van der Waals surface area (Å²) in [7, 11) is 0. The highest BCUT2D eigenvalue weighted by Gasteiger charge is 2.08. The summed E-state index contributed by atoms with van der Waals surface area (Å²) in [5.41, 5.74) is 7.58. The number of rotatable bonds is 3. The number of benzene rings is 2. The first-order valence-electron chi connectivity index (χ1n) is 5.35. The van der Waals surface area contributed by atoms with Crippen molar-refractivity contribution in [2.24, 2.45) is 0 Å². The lowest BCUT2D eigenvalue weighted by Crippen LogP contribution is -2.23. The van der Waals surface area contributed by atoms with E-state index in [-0.39, 0.29) is 5.91 Å². The molecule has 0 aliphatic rings. The van der Waals surface area contributed by atoms with Gasteiger partial charge < -0.3 is 11.1 Å². The zero-order valence-corrected chi connectivity index (χ0v) is 9.31. The summed E-state index contributed by atoms with van der Waals surface area (Å²) in [6.45, 7) is 0.488. The van der Waals surface area contributed by atoms with E-state index in [1.807, 2.05) is 30.3 Å². The maximum Gasteiger partial charge on any atom is 0.254 e. The van der Waals surface area contributed by atoms with Crippen molar-refractivity contribution in [1.29, 1.82) is 0 Å². The van der Waals surface area contributed by atoms with Crippen molar-refractivity contribution >= 4 is 11.6 Å². The number of carbonyl (C=O) groups excluding carboxylic acids is 1. The third-order valence-electron chi connectivity index (χ3n) is 2.41. The molecule has 3 nitrogen and oxygen atoms in total. The van der Waals surface area contributed by atoms with Crippen molar-refractivity contribution in [3.63, 3.8) is 0 Å². The van der Waals surface area contributed by atoms with E-state index in [1.165, 1.54) is 0 Å². The van der Waals surface area contributed by atoms with Gasteiger partial charge >= 0.3 is 0 Å². The lowest BCUT2D eigenvalue weighted by molar-refractivity contribution is 0.0951. The summed E-state index contributed by atoms with van der Waals surface area (Å²) >= 11 is 0. The molecular weight excluding hydrogens is 212 g/mol. The lowest BCUT2D eigenvalue weighted by Gasteiger charge is -2.06. The summed E-state index contributed by atoms with van der Waals surface area (Å²) in [5, 5.41) is 2.81. The largest absolute Gasteiger partial charge is 0.398 e. The zero-order valence-electron chi connectivity index (χ0n) is 9.31. The quantitative estimate of drug-likeness (QED) is 0.785. The second-order valence-corrected chi connectivity index (χ2v) is 3.67. The number of hydrogen-bond donors (Lipinski definition) is 2. The zero-order chi connectivity index (χ0) is 12.1. The van der Waals surface area contributed by atoms with Crippen LogP contribution in [0.1, 0.15) is 15.9 Å². The Balaban J connectivity index is 2.01. The Morgan fingerprint density at radius 2 is 1.94 bits per heavy atom. The van der Waals surface area contributed by atoms with Crippen molar-refractivity contribution in [3.05, 3.63) is 65.7 Å². The molecule has 0 fully saturated rings. The number of amides is 1. The predicted octanol–water partition coefficient (Wildman–Crippen LogP) is 2.00. The Bertz CT molecular complexity index is 509. The van der Waals surface area contributed by atoms with Crippen molar-refractivity contribution in [2.75, 3.05) is 5.73 Å². The number of hydrogen-bond acceptors (Lipinski definition) is 2. The van der Waals surface area contributed by atoms with Gasteiger partial charge in [0.25, 0.3) is 5.91 Å². The van der Waals surface area contributed by atoms with Gasteiger partial charge in [-0.25, -0.2) is 0 Å². The Kier molecular flexibility index (Phi) is 3.40. The van der Waals surface area contributed by atoms with Gasteiger partial charge in [0.15, 0.2) is 0 Å². The molecule has 0 aliphatic heterocycles. The van der Waals surface area contributed by atoms with E-state index in [9.17, 15) is 4.79 Å². The smallest absolute Gasteiger partial charge is 0.254 e. The maximum atomic E-state index is 11.8. The second-order valence-electron chi connectivity index (χ2n) is 3.67. The van der Waals surface area contributed by atoms with E-state index in [2.05, 4.69) is 11.4 Å². The minimum atomic E-state index is -0.202. The highest BCUT2D eigenvalue weighted by atomic mass is 16.1. The van der Waals surface area contributed by atoms with Gasteiger partial charge in [0.05, 0.1) is 5.56 Å². The van der Waals surface area contributed by atoms with Gasteiger partial charge in [-0.05, 0) is 17.7 Å². The molecule has 17 heavy (non-hydrogen) atoms. The molecule has 0 bridgehead atoms. The van der Waals surface area contributed by atoms with Crippen LogP contribution in [0.2, 0.25) is 0 Å². The first-order chi connectivity index (χ1) is 8.27. The summed E-state index contributed by atoms with van der Waals surface area (Å²) < 4.78 is 0. The molecule has 0 saturated carbocycles. The highest BCUT2D eigenvalue weighted by Crippen LogP contribution is 2.09. The van der Waals surface area contributed by atoms with Crippen LogP contribution in [-0.4, -0.2) is 5.91 Å². The molecule has 0 heterocycles. The molecule has 85 valence electrons. The molecule has 1 amide bonds. The monoisotopic (exact) mass is 225 g/mol. The number of anilines is 1. The molecule has 2 aromatic rings. The lowest BCUT2D eigenvalue weighted by atomic mass is 10.1. The molecule has 3 N–H and O–H groups in total. The van der Waals surface area contributed by atoms with Gasteiger partial charge in [0, 0.05) is 12.2 Å². The summed E-state index contributed by atoms with van der Waals surface area (Å²) in [6, 6.07) is 17.7.